The zero-order valence-corrected chi connectivity index (χ0v) is 17.2. The molecule has 0 radical (unpaired) electrons. The van der Waals surface area contributed by atoms with E-state index >= 15 is 0 Å². The minimum Gasteiger partial charge on any atom is -0.467 e. The van der Waals surface area contributed by atoms with Gasteiger partial charge in [0.15, 0.2) is 0 Å². The van der Waals surface area contributed by atoms with Crippen molar-refractivity contribution >= 4 is 17.6 Å². The molecule has 0 saturated carbocycles. The first-order valence-corrected chi connectivity index (χ1v) is 9.89. The average molecular weight is 421 g/mol. The summed E-state index contributed by atoms with van der Waals surface area (Å²) in [5, 5.41) is 8.30. The molecule has 4 aromatic rings. The zero-order valence-electron chi connectivity index (χ0n) is 16.5. The minimum atomic E-state index is -0.194. The Morgan fingerprint density at radius 1 is 1.10 bits per heavy atom. The lowest BCUT2D eigenvalue weighted by molar-refractivity contribution is 0.205. The third-order valence-electron chi connectivity index (χ3n) is 4.68. The van der Waals surface area contributed by atoms with E-state index < -0.39 is 0 Å². The van der Waals surface area contributed by atoms with E-state index in [1.807, 2.05) is 71.5 Å². The molecule has 0 spiro atoms. The summed E-state index contributed by atoms with van der Waals surface area (Å²) in [5.74, 6) is 0.704. The predicted molar refractivity (Wildman–Crippen MR) is 116 cm³/mol. The lowest BCUT2D eigenvalue weighted by atomic mass is 10.1. The molecular weight excluding hydrogens is 400 g/mol. The summed E-state index contributed by atoms with van der Waals surface area (Å²) >= 11 is 6.05. The maximum atomic E-state index is 12.5. The molecule has 0 fully saturated rings. The Morgan fingerprint density at radius 3 is 2.57 bits per heavy atom. The van der Waals surface area contributed by atoms with Gasteiger partial charge >= 0.3 is 6.03 Å². The molecule has 152 valence electrons. The summed E-state index contributed by atoms with van der Waals surface area (Å²) in [6.45, 7) is 0.734. The fourth-order valence-electron chi connectivity index (χ4n) is 3.13. The maximum absolute atomic E-state index is 12.5. The second kappa shape index (κ2) is 8.88. The molecule has 0 bridgehead atoms. The van der Waals surface area contributed by atoms with Gasteiger partial charge in [-0.2, -0.15) is 5.10 Å². The molecule has 4 rings (SSSR count). The van der Waals surface area contributed by atoms with Crippen LogP contribution < -0.4 is 5.32 Å². The van der Waals surface area contributed by atoms with Gasteiger partial charge in [0.25, 0.3) is 0 Å². The number of para-hydroxylation sites is 1. The van der Waals surface area contributed by atoms with Gasteiger partial charge in [0, 0.05) is 29.4 Å². The summed E-state index contributed by atoms with van der Waals surface area (Å²) in [4.78, 5) is 14.2. The standard InChI is InChI=1S/C23H21ClN4O2/c1-27(23(29)25-14-21-8-5-13-30-21)15-18-16-28(20-6-3-2-4-7-20)26-22(18)17-9-11-19(24)12-10-17/h2-13,16H,14-15H2,1H3,(H,25,29). The van der Waals surface area contributed by atoms with Gasteiger partial charge in [0.05, 0.1) is 30.7 Å². The number of carbonyl (C=O) groups excluding carboxylic acids is 1. The number of hydrogen-bond acceptors (Lipinski definition) is 3. The molecule has 0 aliphatic heterocycles. The van der Waals surface area contributed by atoms with Crippen LogP contribution in [0.15, 0.2) is 83.6 Å². The second-order valence-corrected chi connectivity index (χ2v) is 7.32. The Kier molecular flexibility index (Phi) is 5.86. The number of nitrogens with one attached hydrogen (secondary N) is 1. The summed E-state index contributed by atoms with van der Waals surface area (Å²) in [6, 6.07) is 20.8. The largest absolute Gasteiger partial charge is 0.467 e. The van der Waals surface area contributed by atoms with Crippen LogP contribution >= 0.6 is 11.6 Å². The number of carbonyl (C=O) groups is 1. The van der Waals surface area contributed by atoms with Crippen molar-refractivity contribution in [2.45, 2.75) is 13.1 Å². The van der Waals surface area contributed by atoms with Gasteiger partial charge in [-0.1, -0.05) is 41.9 Å². The third-order valence-corrected chi connectivity index (χ3v) is 4.93. The van der Waals surface area contributed by atoms with Crippen LogP contribution in [0.4, 0.5) is 4.79 Å². The van der Waals surface area contributed by atoms with E-state index in [1.165, 1.54) is 0 Å². The number of hydrogen-bond donors (Lipinski definition) is 1. The van der Waals surface area contributed by atoms with Crippen molar-refractivity contribution in [1.29, 1.82) is 0 Å². The van der Waals surface area contributed by atoms with Gasteiger partial charge in [0.1, 0.15) is 5.76 Å². The van der Waals surface area contributed by atoms with Crippen LogP contribution in [0.25, 0.3) is 16.9 Å². The van der Waals surface area contributed by atoms with E-state index in [0.717, 1.165) is 22.5 Å². The van der Waals surface area contributed by atoms with Crippen molar-refractivity contribution in [3.05, 3.63) is 95.5 Å². The number of benzene rings is 2. The van der Waals surface area contributed by atoms with Gasteiger partial charge in [0.2, 0.25) is 0 Å². The number of urea groups is 1. The molecule has 0 aliphatic rings. The molecule has 0 unspecified atom stereocenters. The first kappa shape index (κ1) is 19.8. The van der Waals surface area contributed by atoms with Crippen molar-refractivity contribution in [3.63, 3.8) is 0 Å². The predicted octanol–water partition coefficient (Wildman–Crippen LogP) is 5.13. The van der Waals surface area contributed by atoms with Crippen molar-refractivity contribution in [2.75, 3.05) is 7.05 Å². The smallest absolute Gasteiger partial charge is 0.317 e. The van der Waals surface area contributed by atoms with Crippen LogP contribution in [-0.2, 0) is 13.1 Å². The number of rotatable bonds is 6. The van der Waals surface area contributed by atoms with Crippen LogP contribution in [0.5, 0.6) is 0 Å². The molecule has 0 saturated heterocycles. The molecule has 0 aliphatic carbocycles. The Hall–Kier alpha value is -3.51. The van der Waals surface area contributed by atoms with E-state index in [2.05, 4.69) is 5.32 Å². The number of aromatic nitrogens is 2. The quantitative estimate of drug-likeness (QED) is 0.470. The van der Waals surface area contributed by atoms with Crippen molar-refractivity contribution in [1.82, 2.24) is 20.0 Å². The fraction of sp³-hybridized carbons (Fsp3) is 0.130. The molecule has 30 heavy (non-hydrogen) atoms. The molecule has 2 aromatic heterocycles. The molecular formula is C23H21ClN4O2. The summed E-state index contributed by atoms with van der Waals surface area (Å²) in [6.07, 6.45) is 3.54. The monoisotopic (exact) mass is 420 g/mol. The highest BCUT2D eigenvalue weighted by Gasteiger charge is 2.17. The molecule has 2 heterocycles. The second-order valence-electron chi connectivity index (χ2n) is 6.88. The fourth-order valence-corrected chi connectivity index (χ4v) is 3.25. The SMILES string of the molecule is CN(Cc1cn(-c2ccccc2)nc1-c1ccc(Cl)cc1)C(=O)NCc1ccco1. The Bertz CT molecular complexity index is 1110. The molecule has 2 aromatic carbocycles. The van der Waals surface area contributed by atoms with Crippen molar-refractivity contribution < 1.29 is 9.21 Å². The molecule has 1 N–H and O–H groups in total. The normalized spacial score (nSPS) is 10.7. The number of furan rings is 1. The van der Waals surface area contributed by atoms with Gasteiger partial charge < -0.3 is 14.6 Å². The average Bonchev–Trinajstić information content (AvgIpc) is 3.43. The van der Waals surface area contributed by atoms with Gasteiger partial charge in [-0.25, -0.2) is 9.48 Å². The van der Waals surface area contributed by atoms with Gasteiger partial charge in [-0.3, -0.25) is 0 Å². The Balaban J connectivity index is 1.58. The van der Waals surface area contributed by atoms with Crippen LogP contribution in [0.2, 0.25) is 5.02 Å². The maximum Gasteiger partial charge on any atom is 0.317 e. The van der Waals surface area contributed by atoms with Crippen LogP contribution in [0.1, 0.15) is 11.3 Å². The summed E-state index contributed by atoms with van der Waals surface area (Å²) in [7, 11) is 1.75. The summed E-state index contributed by atoms with van der Waals surface area (Å²) in [5.41, 5.74) is 3.62. The highest BCUT2D eigenvalue weighted by molar-refractivity contribution is 6.30. The Morgan fingerprint density at radius 2 is 1.87 bits per heavy atom. The van der Waals surface area contributed by atoms with Crippen molar-refractivity contribution in [2.24, 2.45) is 0 Å². The first-order chi connectivity index (χ1) is 14.6. The first-order valence-electron chi connectivity index (χ1n) is 9.51. The van der Waals surface area contributed by atoms with E-state index in [0.29, 0.717) is 23.9 Å². The molecule has 2 amide bonds. The van der Waals surface area contributed by atoms with Gasteiger partial charge in [-0.15, -0.1) is 0 Å². The number of amides is 2. The molecule has 7 heteroatoms. The molecule has 6 nitrogen and oxygen atoms in total. The van der Waals surface area contributed by atoms with E-state index in [1.54, 1.807) is 24.3 Å². The van der Waals surface area contributed by atoms with E-state index in [4.69, 9.17) is 21.1 Å². The van der Waals surface area contributed by atoms with Gasteiger partial charge in [-0.05, 0) is 36.4 Å². The minimum absolute atomic E-state index is 0.194. The van der Waals surface area contributed by atoms with E-state index in [-0.39, 0.29) is 6.03 Å². The lowest BCUT2D eigenvalue weighted by Gasteiger charge is -2.17. The summed E-state index contributed by atoms with van der Waals surface area (Å²) < 4.78 is 7.09. The highest BCUT2D eigenvalue weighted by atomic mass is 35.5. The third kappa shape index (κ3) is 4.55. The highest BCUT2D eigenvalue weighted by Crippen LogP contribution is 2.26. The van der Waals surface area contributed by atoms with Crippen LogP contribution in [0, 0.1) is 0 Å². The zero-order chi connectivity index (χ0) is 20.9. The van der Waals surface area contributed by atoms with E-state index in [9.17, 15) is 4.79 Å². The lowest BCUT2D eigenvalue weighted by Crippen LogP contribution is -2.36. The topological polar surface area (TPSA) is 63.3 Å². The number of halogens is 1. The Labute approximate surface area is 179 Å². The van der Waals surface area contributed by atoms with Crippen LogP contribution in [-0.4, -0.2) is 27.8 Å². The molecule has 0 atom stereocenters. The van der Waals surface area contributed by atoms with Crippen molar-refractivity contribution in [3.8, 4) is 16.9 Å². The number of nitrogens with zero attached hydrogens (tertiary/aromatic N) is 3. The van der Waals surface area contributed by atoms with Crippen LogP contribution in [0.3, 0.4) is 0 Å².